The largest absolute Gasteiger partial charge is 0.494 e. The van der Waals surface area contributed by atoms with Gasteiger partial charge in [0.15, 0.2) is 5.17 Å². The smallest absolute Gasteiger partial charge is 0.267 e. The number of nitrogens with zero attached hydrogens (tertiary/aromatic N) is 2. The van der Waals surface area contributed by atoms with Crippen LogP contribution in [0.3, 0.4) is 0 Å². The second-order valence-electron chi connectivity index (χ2n) is 7.96. The van der Waals surface area contributed by atoms with Gasteiger partial charge in [-0.2, -0.15) is 0 Å². The fraction of sp³-hybridized carbons (Fsp3) is 0.385. The Labute approximate surface area is 189 Å². The summed E-state index contributed by atoms with van der Waals surface area (Å²) in [6, 6.07) is 16.4. The Morgan fingerprint density at radius 2 is 1.81 bits per heavy atom. The van der Waals surface area contributed by atoms with Gasteiger partial charge >= 0.3 is 0 Å². The number of amides is 1. The molecule has 2 aromatic carbocycles. The lowest BCUT2D eigenvalue weighted by atomic mass is 9.94. The number of aliphatic imine (C=N–C) groups is 1. The van der Waals surface area contributed by atoms with Gasteiger partial charge < -0.3 is 4.74 Å². The van der Waals surface area contributed by atoms with Crippen molar-refractivity contribution in [1.29, 1.82) is 0 Å². The van der Waals surface area contributed by atoms with Crippen molar-refractivity contribution < 1.29 is 9.53 Å². The van der Waals surface area contributed by atoms with Gasteiger partial charge in [-0.05, 0) is 73.4 Å². The lowest BCUT2D eigenvalue weighted by Crippen LogP contribution is -2.40. The van der Waals surface area contributed by atoms with E-state index in [0.717, 1.165) is 46.3 Å². The Morgan fingerprint density at radius 1 is 1.06 bits per heavy atom. The number of aryl methyl sites for hydroxylation is 1. The first-order valence-electron chi connectivity index (χ1n) is 11.3. The lowest BCUT2D eigenvalue weighted by Gasteiger charge is -2.30. The van der Waals surface area contributed by atoms with E-state index in [9.17, 15) is 4.79 Å². The van der Waals surface area contributed by atoms with Crippen LogP contribution < -0.4 is 4.74 Å². The van der Waals surface area contributed by atoms with Crippen LogP contribution in [0.25, 0.3) is 6.08 Å². The topological polar surface area (TPSA) is 41.9 Å². The number of amidine groups is 1. The Bertz CT molecular complexity index is 975. The second kappa shape index (κ2) is 10.2. The Balaban J connectivity index is 1.67. The average Bonchev–Trinajstić information content (AvgIpc) is 3.10. The highest BCUT2D eigenvalue weighted by Crippen LogP contribution is 2.39. The third-order valence-electron chi connectivity index (χ3n) is 5.85. The molecule has 0 N–H and O–H groups in total. The highest BCUT2D eigenvalue weighted by Gasteiger charge is 2.38. The normalized spacial score (nSPS) is 20.1. The molecule has 1 saturated carbocycles. The zero-order chi connectivity index (χ0) is 21.6. The highest BCUT2D eigenvalue weighted by molar-refractivity contribution is 8.18. The molecule has 5 heteroatoms. The molecule has 162 valence electrons. The van der Waals surface area contributed by atoms with Gasteiger partial charge in [0, 0.05) is 6.04 Å². The molecule has 1 heterocycles. The van der Waals surface area contributed by atoms with E-state index in [1.807, 2.05) is 60.4 Å². The van der Waals surface area contributed by atoms with Crippen LogP contribution in [-0.2, 0) is 11.2 Å². The van der Waals surface area contributed by atoms with Crippen molar-refractivity contribution in [3.8, 4) is 5.75 Å². The van der Waals surface area contributed by atoms with E-state index < -0.39 is 0 Å². The van der Waals surface area contributed by atoms with Crippen LogP contribution in [-0.4, -0.2) is 28.6 Å². The molecule has 1 aliphatic heterocycles. The first-order chi connectivity index (χ1) is 15.2. The summed E-state index contributed by atoms with van der Waals surface area (Å²) in [6.45, 7) is 4.76. The number of carbonyl (C=O) groups is 1. The zero-order valence-corrected chi connectivity index (χ0v) is 19.2. The van der Waals surface area contributed by atoms with E-state index in [4.69, 9.17) is 9.73 Å². The number of carbonyl (C=O) groups excluding carboxylic acids is 1. The molecule has 4 rings (SSSR count). The maximum atomic E-state index is 13.5. The predicted octanol–water partition coefficient (Wildman–Crippen LogP) is 6.58. The molecular formula is C26H30N2O2S. The molecule has 4 nitrogen and oxygen atoms in total. The second-order valence-corrected chi connectivity index (χ2v) is 8.97. The van der Waals surface area contributed by atoms with Gasteiger partial charge in [0.25, 0.3) is 5.91 Å². The minimum atomic E-state index is 0.0820. The Morgan fingerprint density at radius 3 is 2.52 bits per heavy atom. The number of ether oxygens (including phenoxy) is 1. The van der Waals surface area contributed by atoms with Crippen LogP contribution in [0.1, 0.15) is 57.1 Å². The van der Waals surface area contributed by atoms with Crippen LogP contribution in [0.2, 0.25) is 0 Å². The third-order valence-corrected chi connectivity index (χ3v) is 6.84. The summed E-state index contributed by atoms with van der Waals surface area (Å²) < 4.78 is 5.53. The molecular weight excluding hydrogens is 404 g/mol. The zero-order valence-electron chi connectivity index (χ0n) is 18.3. The average molecular weight is 435 g/mol. The van der Waals surface area contributed by atoms with Crippen molar-refractivity contribution in [3.05, 3.63) is 64.6 Å². The minimum absolute atomic E-state index is 0.0820. The van der Waals surface area contributed by atoms with Gasteiger partial charge in [0.2, 0.25) is 0 Å². The first kappa shape index (κ1) is 21.7. The minimum Gasteiger partial charge on any atom is -0.494 e. The van der Waals surface area contributed by atoms with Crippen LogP contribution in [0.4, 0.5) is 5.69 Å². The summed E-state index contributed by atoms with van der Waals surface area (Å²) in [5, 5.41) is 0.815. The first-order valence-corrected chi connectivity index (χ1v) is 12.1. The van der Waals surface area contributed by atoms with Crippen molar-refractivity contribution in [1.82, 2.24) is 4.90 Å². The number of hydrogen-bond acceptors (Lipinski definition) is 4. The number of benzene rings is 2. The monoisotopic (exact) mass is 434 g/mol. The van der Waals surface area contributed by atoms with Crippen molar-refractivity contribution in [2.75, 3.05) is 6.61 Å². The molecule has 1 aliphatic carbocycles. The summed E-state index contributed by atoms with van der Waals surface area (Å²) >= 11 is 1.50. The van der Waals surface area contributed by atoms with E-state index in [1.54, 1.807) is 0 Å². The van der Waals surface area contributed by atoms with Crippen molar-refractivity contribution >= 4 is 34.6 Å². The molecule has 0 atom stereocenters. The van der Waals surface area contributed by atoms with Crippen LogP contribution in [0, 0.1) is 0 Å². The highest BCUT2D eigenvalue weighted by atomic mass is 32.2. The van der Waals surface area contributed by atoms with E-state index in [1.165, 1.54) is 36.6 Å². The van der Waals surface area contributed by atoms with Crippen LogP contribution >= 0.6 is 11.8 Å². The van der Waals surface area contributed by atoms with Gasteiger partial charge in [-0.15, -0.1) is 0 Å². The van der Waals surface area contributed by atoms with Gasteiger partial charge in [0.05, 0.1) is 17.2 Å². The van der Waals surface area contributed by atoms with Gasteiger partial charge in [0.1, 0.15) is 5.75 Å². The van der Waals surface area contributed by atoms with Gasteiger partial charge in [-0.1, -0.05) is 56.5 Å². The fourth-order valence-corrected chi connectivity index (χ4v) is 5.28. The number of thioether (sulfide) groups is 1. The molecule has 1 saturated heterocycles. The summed E-state index contributed by atoms with van der Waals surface area (Å²) in [5.74, 6) is 0.927. The Kier molecular flexibility index (Phi) is 7.13. The maximum Gasteiger partial charge on any atom is 0.267 e. The van der Waals surface area contributed by atoms with E-state index in [2.05, 4.69) is 13.0 Å². The molecule has 0 spiro atoms. The number of para-hydroxylation sites is 1. The molecule has 1 amide bonds. The van der Waals surface area contributed by atoms with Crippen molar-refractivity contribution in [2.24, 2.45) is 4.99 Å². The molecule has 0 unspecified atom stereocenters. The summed E-state index contributed by atoms with van der Waals surface area (Å²) in [6.07, 6.45) is 8.61. The predicted molar refractivity (Wildman–Crippen MR) is 130 cm³/mol. The van der Waals surface area contributed by atoms with E-state index >= 15 is 0 Å². The molecule has 31 heavy (non-hydrogen) atoms. The van der Waals surface area contributed by atoms with Gasteiger partial charge in [-0.25, -0.2) is 4.99 Å². The molecule has 0 aromatic heterocycles. The number of rotatable bonds is 6. The maximum absolute atomic E-state index is 13.5. The molecule has 2 aromatic rings. The van der Waals surface area contributed by atoms with Crippen LogP contribution in [0.15, 0.2) is 58.4 Å². The summed E-state index contributed by atoms with van der Waals surface area (Å²) in [5.41, 5.74) is 3.16. The van der Waals surface area contributed by atoms with Gasteiger partial charge in [-0.3, -0.25) is 9.69 Å². The Hall–Kier alpha value is -2.53. The van der Waals surface area contributed by atoms with Crippen molar-refractivity contribution in [3.63, 3.8) is 0 Å². The molecule has 0 radical (unpaired) electrons. The van der Waals surface area contributed by atoms with Crippen LogP contribution in [0.5, 0.6) is 5.75 Å². The number of hydrogen-bond donors (Lipinski definition) is 0. The molecule has 2 aliphatic rings. The summed E-state index contributed by atoms with van der Waals surface area (Å²) in [4.78, 5) is 21.2. The lowest BCUT2D eigenvalue weighted by molar-refractivity contribution is -0.124. The van der Waals surface area contributed by atoms with Crippen molar-refractivity contribution in [2.45, 2.75) is 58.4 Å². The summed E-state index contributed by atoms with van der Waals surface area (Å²) in [7, 11) is 0. The van der Waals surface area contributed by atoms with E-state index in [0.29, 0.717) is 6.61 Å². The van der Waals surface area contributed by atoms with E-state index in [-0.39, 0.29) is 11.9 Å². The SMILES string of the molecule is CCOc1ccc(/C=C2/SC(=Nc3ccccc3CC)N(C3CCCCC3)C2=O)cc1. The fourth-order valence-electron chi connectivity index (χ4n) is 4.23. The molecule has 0 bridgehead atoms. The molecule has 2 fully saturated rings. The third kappa shape index (κ3) is 5.04. The quantitative estimate of drug-likeness (QED) is 0.482. The standard InChI is InChI=1S/C26H30N2O2S/c1-3-20-10-8-9-13-23(20)27-26-28(21-11-6-5-7-12-21)25(29)24(31-26)18-19-14-16-22(17-15-19)30-4-2/h8-10,13-18,21H,3-7,11-12H2,1-2H3/b24-18+,27-26?.